The maximum Gasteiger partial charge on any atom is 0.418 e. The third kappa shape index (κ3) is 4.69. The molecular weight excluding hydrogens is 261 g/mol. The summed E-state index contributed by atoms with van der Waals surface area (Å²) in [5.74, 6) is -0.238. The summed E-state index contributed by atoms with van der Waals surface area (Å²) in [6.07, 6.45) is -4.50. The quantitative estimate of drug-likeness (QED) is 0.828. The molecule has 0 saturated carbocycles. The van der Waals surface area contributed by atoms with Crippen LogP contribution in [-0.4, -0.2) is 18.6 Å². The van der Waals surface area contributed by atoms with Crippen LogP contribution in [0.4, 0.5) is 18.9 Å². The molecule has 0 aromatic heterocycles. The van der Waals surface area contributed by atoms with E-state index in [1.807, 2.05) is 0 Å². The van der Waals surface area contributed by atoms with E-state index in [-0.39, 0.29) is 24.3 Å². The van der Waals surface area contributed by atoms with Crippen LogP contribution < -0.4 is 15.8 Å². The highest BCUT2D eigenvalue weighted by Gasteiger charge is 2.32. The number of nitrogens with one attached hydrogen (secondary N) is 1. The second-order valence-electron chi connectivity index (χ2n) is 4.26. The average Bonchev–Trinajstić information content (AvgIpc) is 2.23. The Morgan fingerprint density at radius 3 is 2.53 bits per heavy atom. The predicted molar refractivity (Wildman–Crippen MR) is 64.6 cm³/mol. The highest BCUT2D eigenvalue weighted by atomic mass is 19.4. The van der Waals surface area contributed by atoms with Crippen molar-refractivity contribution in [2.75, 3.05) is 12.3 Å². The molecule has 0 aliphatic rings. The first-order valence-electron chi connectivity index (χ1n) is 5.59. The largest absolute Gasteiger partial charge is 0.484 e. The van der Waals surface area contributed by atoms with Gasteiger partial charge in [-0.2, -0.15) is 13.2 Å². The van der Waals surface area contributed by atoms with Crippen molar-refractivity contribution in [3.63, 3.8) is 0 Å². The van der Waals surface area contributed by atoms with Crippen LogP contribution in [-0.2, 0) is 11.0 Å². The first-order valence-corrected chi connectivity index (χ1v) is 5.59. The number of halogens is 3. The van der Waals surface area contributed by atoms with Crippen molar-refractivity contribution in [3.8, 4) is 5.75 Å². The van der Waals surface area contributed by atoms with Gasteiger partial charge in [0, 0.05) is 17.8 Å². The third-order valence-electron chi connectivity index (χ3n) is 2.15. The minimum atomic E-state index is -4.50. The van der Waals surface area contributed by atoms with Gasteiger partial charge in [0.2, 0.25) is 0 Å². The highest BCUT2D eigenvalue weighted by Crippen LogP contribution is 2.35. The Morgan fingerprint density at radius 1 is 1.42 bits per heavy atom. The molecule has 0 bridgehead atoms. The summed E-state index contributed by atoms with van der Waals surface area (Å²) in [6, 6.07) is 2.96. The molecule has 1 aromatic carbocycles. The molecule has 0 saturated heterocycles. The maximum atomic E-state index is 12.5. The van der Waals surface area contributed by atoms with Crippen LogP contribution in [0.15, 0.2) is 18.2 Å². The fraction of sp³-hybridized carbons (Fsp3) is 0.417. The molecule has 106 valence electrons. The number of ether oxygens (including phenoxy) is 1. The molecule has 4 nitrogen and oxygen atoms in total. The number of nitrogen functional groups attached to an aromatic ring is 1. The van der Waals surface area contributed by atoms with Gasteiger partial charge in [0.1, 0.15) is 5.75 Å². The zero-order chi connectivity index (χ0) is 14.6. The lowest BCUT2D eigenvalue weighted by atomic mass is 10.1. The molecule has 7 heteroatoms. The van der Waals surface area contributed by atoms with Gasteiger partial charge in [0.05, 0.1) is 5.56 Å². The van der Waals surface area contributed by atoms with Gasteiger partial charge in [-0.25, -0.2) is 0 Å². The molecule has 0 spiro atoms. The Hall–Kier alpha value is -1.92. The summed E-state index contributed by atoms with van der Waals surface area (Å²) in [4.78, 5) is 11.3. The smallest absolute Gasteiger partial charge is 0.418 e. The Labute approximate surface area is 108 Å². The number of amides is 1. The number of alkyl halides is 3. The number of anilines is 1. The van der Waals surface area contributed by atoms with Crippen LogP contribution in [0.25, 0.3) is 0 Å². The van der Waals surface area contributed by atoms with Crippen LogP contribution >= 0.6 is 0 Å². The topological polar surface area (TPSA) is 64.3 Å². The van der Waals surface area contributed by atoms with E-state index in [4.69, 9.17) is 10.5 Å². The highest BCUT2D eigenvalue weighted by molar-refractivity contribution is 5.77. The van der Waals surface area contributed by atoms with E-state index in [9.17, 15) is 18.0 Å². The minimum Gasteiger partial charge on any atom is -0.484 e. The number of benzene rings is 1. The van der Waals surface area contributed by atoms with Crippen molar-refractivity contribution < 1.29 is 22.7 Å². The van der Waals surface area contributed by atoms with Crippen molar-refractivity contribution in [1.82, 2.24) is 5.32 Å². The van der Waals surface area contributed by atoms with Crippen LogP contribution in [0.2, 0.25) is 0 Å². The molecule has 0 radical (unpaired) electrons. The summed E-state index contributed by atoms with van der Waals surface area (Å²) in [6.45, 7) is 3.30. The van der Waals surface area contributed by atoms with Gasteiger partial charge in [-0.3, -0.25) is 4.79 Å². The number of nitrogens with two attached hydrogens (primary N) is 1. The average molecular weight is 276 g/mol. The summed E-state index contributed by atoms with van der Waals surface area (Å²) in [5.41, 5.74) is 3.93. The molecule has 0 atom stereocenters. The molecule has 0 heterocycles. The molecule has 0 aliphatic carbocycles. The fourth-order valence-electron chi connectivity index (χ4n) is 1.40. The van der Waals surface area contributed by atoms with Gasteiger partial charge in [-0.15, -0.1) is 0 Å². The zero-order valence-electron chi connectivity index (χ0n) is 10.5. The predicted octanol–water partition coefficient (Wildman–Crippen LogP) is 2.19. The number of carbonyl (C=O) groups is 1. The van der Waals surface area contributed by atoms with E-state index >= 15 is 0 Å². The molecule has 19 heavy (non-hydrogen) atoms. The molecular formula is C12H15F3N2O2. The van der Waals surface area contributed by atoms with Crippen molar-refractivity contribution in [1.29, 1.82) is 0 Å². The Morgan fingerprint density at radius 2 is 2.05 bits per heavy atom. The molecule has 0 fully saturated rings. The van der Waals surface area contributed by atoms with Gasteiger partial charge in [0.15, 0.2) is 6.61 Å². The van der Waals surface area contributed by atoms with Crippen LogP contribution in [0.3, 0.4) is 0 Å². The first kappa shape index (κ1) is 15.1. The van der Waals surface area contributed by atoms with E-state index in [1.54, 1.807) is 13.8 Å². The molecule has 1 rings (SSSR count). The van der Waals surface area contributed by atoms with E-state index < -0.39 is 17.4 Å². The lowest BCUT2D eigenvalue weighted by Gasteiger charge is -2.13. The Bertz CT molecular complexity index is 459. The van der Waals surface area contributed by atoms with E-state index in [0.717, 1.165) is 18.2 Å². The molecule has 1 aromatic rings. The minimum absolute atomic E-state index is 0.0335. The van der Waals surface area contributed by atoms with Crippen LogP contribution in [0.1, 0.15) is 19.4 Å². The SMILES string of the molecule is CC(C)NC(=O)COc1ccc(C(F)(F)F)c(N)c1. The Kier molecular flexibility index (Phi) is 4.63. The normalized spacial score (nSPS) is 11.5. The zero-order valence-corrected chi connectivity index (χ0v) is 10.5. The van der Waals surface area contributed by atoms with Gasteiger partial charge < -0.3 is 15.8 Å². The monoisotopic (exact) mass is 276 g/mol. The van der Waals surface area contributed by atoms with E-state index in [1.165, 1.54) is 0 Å². The maximum absolute atomic E-state index is 12.5. The summed E-state index contributed by atoms with van der Waals surface area (Å²) in [5, 5.41) is 2.59. The van der Waals surface area contributed by atoms with Crippen LogP contribution in [0, 0.1) is 0 Å². The van der Waals surface area contributed by atoms with Gasteiger partial charge >= 0.3 is 6.18 Å². The lowest BCUT2D eigenvalue weighted by molar-refractivity contribution is -0.137. The molecule has 3 N–H and O–H groups in total. The Balaban J connectivity index is 2.67. The van der Waals surface area contributed by atoms with Gasteiger partial charge in [0.25, 0.3) is 5.91 Å². The van der Waals surface area contributed by atoms with E-state index in [0.29, 0.717) is 0 Å². The van der Waals surface area contributed by atoms with Gasteiger partial charge in [-0.1, -0.05) is 0 Å². The summed E-state index contributed by atoms with van der Waals surface area (Å²) in [7, 11) is 0. The first-order chi connectivity index (χ1) is 8.70. The van der Waals surface area contributed by atoms with Crippen molar-refractivity contribution in [3.05, 3.63) is 23.8 Å². The van der Waals surface area contributed by atoms with Crippen LogP contribution in [0.5, 0.6) is 5.75 Å². The standard InChI is InChI=1S/C12H15F3N2O2/c1-7(2)17-11(18)6-19-8-3-4-9(10(16)5-8)12(13,14)15/h3-5,7H,6,16H2,1-2H3,(H,17,18). The lowest BCUT2D eigenvalue weighted by Crippen LogP contribution is -2.34. The molecule has 1 amide bonds. The number of hydrogen-bond donors (Lipinski definition) is 2. The third-order valence-corrected chi connectivity index (χ3v) is 2.15. The van der Waals surface area contributed by atoms with Crippen molar-refractivity contribution >= 4 is 11.6 Å². The summed E-state index contributed by atoms with van der Waals surface area (Å²) >= 11 is 0. The molecule has 0 unspecified atom stereocenters. The fourth-order valence-corrected chi connectivity index (χ4v) is 1.40. The number of hydrogen-bond acceptors (Lipinski definition) is 3. The van der Waals surface area contributed by atoms with Gasteiger partial charge in [-0.05, 0) is 26.0 Å². The second kappa shape index (κ2) is 5.81. The second-order valence-corrected chi connectivity index (χ2v) is 4.26. The number of carbonyl (C=O) groups excluding carboxylic acids is 1. The number of rotatable bonds is 4. The molecule has 0 aliphatic heterocycles. The summed E-state index contributed by atoms with van der Waals surface area (Å²) < 4.78 is 42.4. The van der Waals surface area contributed by atoms with Crippen molar-refractivity contribution in [2.24, 2.45) is 0 Å². The van der Waals surface area contributed by atoms with Crippen molar-refractivity contribution in [2.45, 2.75) is 26.1 Å². The van der Waals surface area contributed by atoms with E-state index in [2.05, 4.69) is 5.32 Å².